The molecule has 1 saturated heterocycles. The number of hydrogen-bond donors (Lipinski definition) is 2. The van der Waals surface area contributed by atoms with Crippen LogP contribution in [-0.4, -0.2) is 19.0 Å². The van der Waals surface area contributed by atoms with Gasteiger partial charge in [-0.2, -0.15) is 0 Å². The summed E-state index contributed by atoms with van der Waals surface area (Å²) in [5.41, 5.74) is 13.2. The molecule has 0 aromatic heterocycles. The number of carbonyl (C=O) groups is 1. The monoisotopic (exact) mass is 233 g/mol. The van der Waals surface area contributed by atoms with Crippen molar-refractivity contribution in [1.29, 1.82) is 0 Å². The Morgan fingerprint density at radius 3 is 2.59 bits per heavy atom. The van der Waals surface area contributed by atoms with E-state index in [1.807, 2.05) is 12.1 Å². The summed E-state index contributed by atoms with van der Waals surface area (Å²) in [6, 6.07) is 5.47. The molecule has 1 amide bonds. The predicted octanol–water partition coefficient (Wildman–Crippen LogP) is 1.60. The minimum Gasteiger partial charge on any atom is -0.396 e. The van der Waals surface area contributed by atoms with Gasteiger partial charge in [-0.05, 0) is 30.9 Å². The molecule has 92 valence electrons. The number of benzene rings is 1. The average molecular weight is 233 g/mol. The van der Waals surface area contributed by atoms with Crippen LogP contribution < -0.4 is 16.4 Å². The molecule has 1 fully saturated rings. The highest BCUT2D eigenvalue weighted by molar-refractivity contribution is 6.00. The fourth-order valence-electron chi connectivity index (χ4n) is 2.29. The highest BCUT2D eigenvalue weighted by atomic mass is 16.1. The molecule has 4 N–H and O–H groups in total. The van der Waals surface area contributed by atoms with Crippen LogP contribution in [0.25, 0.3) is 0 Å². The van der Waals surface area contributed by atoms with Crippen LogP contribution in [-0.2, 0) is 0 Å². The molecule has 1 aliphatic rings. The highest BCUT2D eigenvalue weighted by Crippen LogP contribution is 2.29. The van der Waals surface area contributed by atoms with Gasteiger partial charge in [0.2, 0.25) is 0 Å². The second-order valence-electron chi connectivity index (χ2n) is 4.77. The Labute approximate surface area is 102 Å². The van der Waals surface area contributed by atoms with Crippen LogP contribution in [0.15, 0.2) is 18.2 Å². The third-order valence-electron chi connectivity index (χ3n) is 3.47. The van der Waals surface area contributed by atoms with Crippen molar-refractivity contribution in [2.75, 3.05) is 23.7 Å². The molecule has 0 atom stereocenters. The summed E-state index contributed by atoms with van der Waals surface area (Å²) in [4.78, 5) is 13.5. The van der Waals surface area contributed by atoms with Crippen LogP contribution in [0.3, 0.4) is 0 Å². The molecule has 4 heteroatoms. The van der Waals surface area contributed by atoms with E-state index in [1.54, 1.807) is 6.07 Å². The van der Waals surface area contributed by atoms with E-state index in [4.69, 9.17) is 11.5 Å². The number of nitrogens with zero attached hydrogens (tertiary/aromatic N) is 1. The van der Waals surface area contributed by atoms with Gasteiger partial charge in [0.05, 0.1) is 16.9 Å². The number of piperidine rings is 1. The van der Waals surface area contributed by atoms with Crippen molar-refractivity contribution in [2.45, 2.75) is 19.8 Å². The van der Waals surface area contributed by atoms with Gasteiger partial charge in [-0.1, -0.05) is 13.0 Å². The van der Waals surface area contributed by atoms with Gasteiger partial charge in [0.15, 0.2) is 0 Å². The largest absolute Gasteiger partial charge is 0.396 e. The summed E-state index contributed by atoms with van der Waals surface area (Å²) in [5.74, 6) is 0.307. The third-order valence-corrected chi connectivity index (χ3v) is 3.47. The summed E-state index contributed by atoms with van der Waals surface area (Å²) in [6.07, 6.45) is 2.33. The molecule has 0 saturated carbocycles. The molecular weight excluding hydrogens is 214 g/mol. The maximum Gasteiger partial charge on any atom is 0.250 e. The lowest BCUT2D eigenvalue weighted by atomic mass is 9.98. The summed E-state index contributed by atoms with van der Waals surface area (Å²) in [7, 11) is 0. The quantitative estimate of drug-likeness (QED) is 0.762. The predicted molar refractivity (Wildman–Crippen MR) is 70.0 cm³/mol. The van der Waals surface area contributed by atoms with Gasteiger partial charge in [0, 0.05) is 13.1 Å². The van der Waals surface area contributed by atoms with E-state index in [1.165, 1.54) is 12.8 Å². The average Bonchev–Trinajstić information content (AvgIpc) is 2.30. The maximum absolute atomic E-state index is 11.2. The summed E-state index contributed by atoms with van der Waals surface area (Å²) < 4.78 is 0. The first-order valence-corrected chi connectivity index (χ1v) is 6.03. The number of amides is 1. The van der Waals surface area contributed by atoms with Crippen molar-refractivity contribution in [3.63, 3.8) is 0 Å². The zero-order valence-corrected chi connectivity index (χ0v) is 10.1. The molecule has 17 heavy (non-hydrogen) atoms. The van der Waals surface area contributed by atoms with Crippen molar-refractivity contribution in [3.8, 4) is 0 Å². The van der Waals surface area contributed by atoms with Crippen LogP contribution in [0.4, 0.5) is 11.4 Å². The van der Waals surface area contributed by atoms with Crippen molar-refractivity contribution in [1.82, 2.24) is 0 Å². The van der Waals surface area contributed by atoms with Gasteiger partial charge in [-0.25, -0.2) is 0 Å². The van der Waals surface area contributed by atoms with Crippen LogP contribution in [0.1, 0.15) is 30.1 Å². The molecule has 0 bridgehead atoms. The molecule has 0 radical (unpaired) electrons. The first-order valence-electron chi connectivity index (χ1n) is 6.03. The Hall–Kier alpha value is -1.71. The van der Waals surface area contributed by atoms with Crippen molar-refractivity contribution >= 4 is 17.3 Å². The summed E-state index contributed by atoms with van der Waals surface area (Å²) in [6.45, 7) is 4.25. The van der Waals surface area contributed by atoms with Gasteiger partial charge in [-0.3, -0.25) is 4.79 Å². The van der Waals surface area contributed by atoms with Crippen LogP contribution >= 0.6 is 0 Å². The third kappa shape index (κ3) is 2.35. The van der Waals surface area contributed by atoms with Crippen LogP contribution in [0.2, 0.25) is 0 Å². The number of para-hydroxylation sites is 1. The van der Waals surface area contributed by atoms with E-state index >= 15 is 0 Å². The smallest absolute Gasteiger partial charge is 0.250 e. The van der Waals surface area contributed by atoms with Crippen LogP contribution in [0, 0.1) is 5.92 Å². The number of anilines is 2. The number of carbonyl (C=O) groups excluding carboxylic acids is 1. The van der Waals surface area contributed by atoms with Gasteiger partial charge in [-0.15, -0.1) is 0 Å². The molecule has 2 rings (SSSR count). The van der Waals surface area contributed by atoms with Crippen LogP contribution in [0.5, 0.6) is 0 Å². The Bertz CT molecular complexity index is 423. The summed E-state index contributed by atoms with van der Waals surface area (Å²) >= 11 is 0. The van der Waals surface area contributed by atoms with Gasteiger partial charge >= 0.3 is 0 Å². The molecule has 1 aliphatic heterocycles. The molecular formula is C13H19N3O. The topological polar surface area (TPSA) is 72.3 Å². The summed E-state index contributed by atoms with van der Waals surface area (Å²) in [5, 5.41) is 0. The molecule has 0 aliphatic carbocycles. The second-order valence-corrected chi connectivity index (χ2v) is 4.77. The Kier molecular flexibility index (Phi) is 3.22. The lowest BCUT2D eigenvalue weighted by Crippen LogP contribution is -2.33. The van der Waals surface area contributed by atoms with E-state index in [2.05, 4.69) is 11.8 Å². The highest BCUT2D eigenvalue weighted by Gasteiger charge is 2.19. The van der Waals surface area contributed by atoms with Crippen molar-refractivity contribution in [2.24, 2.45) is 11.7 Å². The number of nitrogens with two attached hydrogens (primary N) is 2. The lowest BCUT2D eigenvalue weighted by Gasteiger charge is -2.33. The first kappa shape index (κ1) is 11.8. The number of rotatable bonds is 2. The normalized spacial score (nSPS) is 17.1. The van der Waals surface area contributed by atoms with E-state index in [0.29, 0.717) is 11.3 Å². The SMILES string of the molecule is CC1CCN(c2cccc(C(N)=O)c2N)CC1. The number of hydrogen-bond acceptors (Lipinski definition) is 3. The molecule has 0 unspecified atom stereocenters. The maximum atomic E-state index is 11.2. The van der Waals surface area contributed by atoms with E-state index < -0.39 is 5.91 Å². The first-order chi connectivity index (χ1) is 8.09. The second kappa shape index (κ2) is 4.65. The Morgan fingerprint density at radius 1 is 1.35 bits per heavy atom. The van der Waals surface area contributed by atoms with Crippen molar-refractivity contribution < 1.29 is 4.79 Å². The van der Waals surface area contributed by atoms with E-state index in [0.717, 1.165) is 24.7 Å². The van der Waals surface area contributed by atoms with Gasteiger partial charge < -0.3 is 16.4 Å². The molecule has 1 aromatic rings. The molecule has 0 spiro atoms. The van der Waals surface area contributed by atoms with Crippen molar-refractivity contribution in [3.05, 3.63) is 23.8 Å². The molecule has 4 nitrogen and oxygen atoms in total. The zero-order chi connectivity index (χ0) is 12.4. The standard InChI is InChI=1S/C13H19N3O/c1-9-5-7-16(8-6-9)11-4-2-3-10(12(11)14)13(15)17/h2-4,9H,5-8,14H2,1H3,(H2,15,17). The van der Waals surface area contributed by atoms with E-state index in [9.17, 15) is 4.79 Å². The van der Waals surface area contributed by atoms with Gasteiger partial charge in [0.25, 0.3) is 5.91 Å². The van der Waals surface area contributed by atoms with E-state index in [-0.39, 0.29) is 0 Å². The number of primary amides is 1. The lowest BCUT2D eigenvalue weighted by molar-refractivity contribution is 0.100. The Balaban J connectivity index is 2.27. The molecule has 1 heterocycles. The number of nitrogen functional groups attached to an aromatic ring is 1. The zero-order valence-electron chi connectivity index (χ0n) is 10.1. The fourth-order valence-corrected chi connectivity index (χ4v) is 2.29. The molecule has 1 aromatic carbocycles. The minimum atomic E-state index is -0.463. The minimum absolute atomic E-state index is 0.418. The van der Waals surface area contributed by atoms with Gasteiger partial charge in [0.1, 0.15) is 0 Å². The fraction of sp³-hybridized carbons (Fsp3) is 0.462. The Morgan fingerprint density at radius 2 is 2.00 bits per heavy atom.